The molecule has 0 N–H and O–H groups in total. The lowest BCUT2D eigenvalue weighted by Gasteiger charge is -2.41. The molecule has 7 heteroatoms. The molecule has 0 spiro atoms. The molecule has 1 fully saturated rings. The fraction of sp³-hybridized carbons (Fsp3) is 0.900. The molecule has 1 aliphatic heterocycles. The van der Waals surface area contributed by atoms with Gasteiger partial charge in [-0.25, -0.2) is 0 Å². The summed E-state index contributed by atoms with van der Waals surface area (Å²) in [5.74, 6) is 0. The summed E-state index contributed by atoms with van der Waals surface area (Å²) in [6.07, 6.45) is 1.09. The van der Waals surface area contributed by atoms with E-state index in [9.17, 15) is 13.7 Å². The molecule has 1 rings (SSSR count). The summed E-state index contributed by atoms with van der Waals surface area (Å²) in [6, 6.07) is 2.19. The molecule has 0 radical (unpaired) electrons. The predicted octanol–water partition coefficient (Wildman–Crippen LogP) is -0.287. The number of piperidine rings is 1. The third kappa shape index (κ3) is 2.60. The van der Waals surface area contributed by atoms with Crippen molar-refractivity contribution >= 4 is 10.2 Å². The molecule has 0 unspecified atom stereocenters. The molecule has 1 heterocycles. The highest BCUT2D eigenvalue weighted by atomic mass is 32.2. The molecule has 98 valence electrons. The number of rotatable bonds is 3. The largest absolute Gasteiger partial charge is 0.306 e. The lowest BCUT2D eigenvalue weighted by Crippen LogP contribution is -2.56. The quantitative estimate of drug-likeness (QED) is 0.699. The normalized spacial score (nSPS) is 21.7. The van der Waals surface area contributed by atoms with Crippen molar-refractivity contribution in [2.75, 3.05) is 41.3 Å². The summed E-state index contributed by atoms with van der Waals surface area (Å²) in [5.41, 5.74) is -0.907. The van der Waals surface area contributed by atoms with E-state index in [1.165, 1.54) is 25.4 Å². The number of nitrogens with zero attached hydrogens (tertiary/aromatic N) is 4. The zero-order chi connectivity index (χ0) is 13.3. The minimum absolute atomic E-state index is 0.545. The van der Waals surface area contributed by atoms with E-state index in [1.54, 1.807) is 0 Å². The Bertz CT molecular complexity index is 405. The van der Waals surface area contributed by atoms with Gasteiger partial charge in [-0.3, -0.25) is 0 Å². The molecule has 0 saturated carbocycles. The van der Waals surface area contributed by atoms with Crippen LogP contribution in [0.3, 0.4) is 0 Å². The van der Waals surface area contributed by atoms with Gasteiger partial charge in [-0.05, 0) is 19.9 Å². The molecule has 1 saturated heterocycles. The maximum atomic E-state index is 12.1. The van der Waals surface area contributed by atoms with Gasteiger partial charge >= 0.3 is 0 Å². The van der Waals surface area contributed by atoms with Gasteiger partial charge in [0.25, 0.3) is 10.2 Å². The van der Waals surface area contributed by atoms with E-state index in [1.807, 2.05) is 7.05 Å². The van der Waals surface area contributed by atoms with Crippen LogP contribution in [0.4, 0.5) is 0 Å². The van der Waals surface area contributed by atoms with Gasteiger partial charge in [-0.2, -0.15) is 22.3 Å². The average Bonchev–Trinajstić information content (AvgIpc) is 2.29. The van der Waals surface area contributed by atoms with Crippen molar-refractivity contribution in [3.8, 4) is 6.07 Å². The standard InChI is InChI=1S/C10H20N4O2S/c1-12(2)17(15,16)14(4)10(9-11)5-7-13(3)8-6-10/h5-8H2,1-4H3. The molecule has 17 heavy (non-hydrogen) atoms. The molecule has 0 aliphatic carbocycles. The monoisotopic (exact) mass is 260 g/mol. The molecular formula is C10H20N4O2S. The van der Waals surface area contributed by atoms with E-state index in [2.05, 4.69) is 11.0 Å². The molecule has 0 atom stereocenters. The van der Waals surface area contributed by atoms with Crippen LogP contribution in [0.1, 0.15) is 12.8 Å². The molecule has 0 aromatic rings. The Labute approximate surface area is 104 Å². The smallest absolute Gasteiger partial charge is 0.282 e. The van der Waals surface area contributed by atoms with E-state index >= 15 is 0 Å². The van der Waals surface area contributed by atoms with Gasteiger partial charge in [0.1, 0.15) is 5.54 Å². The topological polar surface area (TPSA) is 67.6 Å². The van der Waals surface area contributed by atoms with Crippen LogP contribution in [0.5, 0.6) is 0 Å². The lowest BCUT2D eigenvalue weighted by atomic mass is 9.89. The first-order valence-electron chi connectivity index (χ1n) is 5.52. The summed E-state index contributed by atoms with van der Waals surface area (Å²) in [6.45, 7) is 1.47. The SMILES string of the molecule is CN1CCC(C#N)(N(C)S(=O)(=O)N(C)C)CC1. The van der Waals surface area contributed by atoms with Crippen LogP contribution in [0.25, 0.3) is 0 Å². The van der Waals surface area contributed by atoms with Crippen LogP contribution in [-0.2, 0) is 10.2 Å². The van der Waals surface area contributed by atoms with Gasteiger partial charge in [0.2, 0.25) is 0 Å². The van der Waals surface area contributed by atoms with Crippen LogP contribution >= 0.6 is 0 Å². The highest BCUT2D eigenvalue weighted by molar-refractivity contribution is 7.86. The van der Waals surface area contributed by atoms with Crippen LogP contribution in [-0.4, -0.2) is 68.7 Å². The average molecular weight is 260 g/mol. The fourth-order valence-corrected chi connectivity index (χ4v) is 3.11. The van der Waals surface area contributed by atoms with Gasteiger partial charge in [-0.15, -0.1) is 0 Å². The third-order valence-electron chi connectivity index (χ3n) is 3.43. The van der Waals surface area contributed by atoms with Gasteiger partial charge in [0.05, 0.1) is 6.07 Å². The fourth-order valence-electron chi connectivity index (χ4n) is 1.95. The Balaban J connectivity index is 3.00. The first-order valence-corrected chi connectivity index (χ1v) is 6.92. The van der Waals surface area contributed by atoms with E-state index in [-0.39, 0.29) is 0 Å². The summed E-state index contributed by atoms with van der Waals surface area (Å²) in [7, 11) is 2.88. The second-order valence-corrected chi connectivity index (χ2v) is 6.88. The molecular weight excluding hydrogens is 240 g/mol. The van der Waals surface area contributed by atoms with Crippen LogP contribution < -0.4 is 0 Å². The number of hydrogen-bond acceptors (Lipinski definition) is 4. The van der Waals surface area contributed by atoms with Crippen molar-refractivity contribution in [1.29, 1.82) is 5.26 Å². The van der Waals surface area contributed by atoms with Crippen LogP contribution in [0, 0.1) is 11.3 Å². The highest BCUT2D eigenvalue weighted by Crippen LogP contribution is 2.29. The summed E-state index contributed by atoms with van der Waals surface area (Å²) in [5, 5.41) is 9.35. The second kappa shape index (κ2) is 4.90. The minimum Gasteiger partial charge on any atom is -0.306 e. The first-order chi connectivity index (χ1) is 7.76. The Morgan fingerprint density at radius 2 is 1.71 bits per heavy atom. The Hall–Kier alpha value is -0.680. The Morgan fingerprint density at radius 3 is 2.06 bits per heavy atom. The number of likely N-dealkylation sites (tertiary alicyclic amines) is 1. The van der Waals surface area contributed by atoms with Crippen molar-refractivity contribution in [3.05, 3.63) is 0 Å². The van der Waals surface area contributed by atoms with Crippen LogP contribution in [0.15, 0.2) is 0 Å². The molecule has 0 bridgehead atoms. The summed E-state index contributed by atoms with van der Waals surface area (Å²) < 4.78 is 26.5. The van der Waals surface area contributed by atoms with Gasteiger partial charge in [0.15, 0.2) is 0 Å². The van der Waals surface area contributed by atoms with Crippen molar-refractivity contribution < 1.29 is 8.42 Å². The lowest BCUT2D eigenvalue weighted by molar-refractivity contribution is 0.145. The summed E-state index contributed by atoms with van der Waals surface area (Å²) in [4.78, 5) is 2.10. The van der Waals surface area contributed by atoms with Crippen molar-refractivity contribution in [3.63, 3.8) is 0 Å². The van der Waals surface area contributed by atoms with Gasteiger partial charge in [-0.1, -0.05) is 0 Å². The summed E-state index contributed by atoms with van der Waals surface area (Å²) >= 11 is 0. The van der Waals surface area contributed by atoms with Gasteiger partial charge < -0.3 is 4.90 Å². The number of hydrogen-bond donors (Lipinski definition) is 0. The first kappa shape index (κ1) is 14.4. The minimum atomic E-state index is -3.54. The maximum absolute atomic E-state index is 12.1. The third-order valence-corrected chi connectivity index (χ3v) is 5.40. The molecule has 0 aromatic carbocycles. The van der Waals surface area contributed by atoms with Gasteiger partial charge in [0, 0.05) is 34.2 Å². The van der Waals surface area contributed by atoms with Crippen LogP contribution in [0.2, 0.25) is 0 Å². The Kier molecular flexibility index (Phi) is 4.15. The second-order valence-electron chi connectivity index (χ2n) is 4.70. The Morgan fingerprint density at radius 1 is 1.24 bits per heavy atom. The van der Waals surface area contributed by atoms with Crippen molar-refractivity contribution in [2.45, 2.75) is 18.4 Å². The maximum Gasteiger partial charge on any atom is 0.282 e. The molecule has 1 aliphatic rings. The van der Waals surface area contributed by atoms with Crippen molar-refractivity contribution in [1.82, 2.24) is 13.5 Å². The molecule has 6 nitrogen and oxygen atoms in total. The van der Waals surface area contributed by atoms with E-state index in [0.717, 1.165) is 17.4 Å². The highest BCUT2D eigenvalue weighted by Gasteiger charge is 2.44. The van der Waals surface area contributed by atoms with E-state index in [4.69, 9.17) is 0 Å². The zero-order valence-corrected chi connectivity index (χ0v) is 11.7. The molecule has 0 aromatic heterocycles. The zero-order valence-electron chi connectivity index (χ0n) is 10.8. The van der Waals surface area contributed by atoms with E-state index in [0.29, 0.717) is 12.8 Å². The van der Waals surface area contributed by atoms with E-state index < -0.39 is 15.7 Å². The predicted molar refractivity (Wildman–Crippen MR) is 65.4 cm³/mol. The molecule has 0 amide bonds. The number of nitriles is 1. The van der Waals surface area contributed by atoms with Crippen molar-refractivity contribution in [2.24, 2.45) is 0 Å².